The molecule has 0 amide bonds. The third kappa shape index (κ3) is 3.03. The SMILES string of the molecule is C/C(N)=C(\C#N)Sc1ccc(C)c(C)c1. The van der Waals surface area contributed by atoms with Crippen molar-refractivity contribution >= 4 is 11.8 Å². The summed E-state index contributed by atoms with van der Waals surface area (Å²) in [5.74, 6) is 0. The van der Waals surface area contributed by atoms with E-state index in [1.807, 2.05) is 6.07 Å². The molecule has 0 unspecified atom stereocenters. The van der Waals surface area contributed by atoms with Crippen LogP contribution in [-0.2, 0) is 0 Å². The van der Waals surface area contributed by atoms with Crippen LogP contribution >= 0.6 is 11.8 Å². The Morgan fingerprint density at radius 3 is 2.47 bits per heavy atom. The molecule has 1 rings (SSSR count). The van der Waals surface area contributed by atoms with Crippen molar-refractivity contribution in [3.63, 3.8) is 0 Å². The van der Waals surface area contributed by atoms with Gasteiger partial charge in [0.15, 0.2) is 0 Å². The first-order valence-electron chi connectivity index (χ1n) is 4.66. The fraction of sp³-hybridized carbons (Fsp3) is 0.250. The van der Waals surface area contributed by atoms with Gasteiger partial charge in [0.05, 0.1) is 0 Å². The fourth-order valence-electron chi connectivity index (χ4n) is 1.09. The normalized spacial score (nSPS) is 11.9. The number of aryl methyl sites for hydroxylation is 2. The first kappa shape index (κ1) is 11.7. The van der Waals surface area contributed by atoms with Gasteiger partial charge >= 0.3 is 0 Å². The van der Waals surface area contributed by atoms with Crippen LogP contribution in [0.3, 0.4) is 0 Å². The van der Waals surface area contributed by atoms with Crippen molar-refractivity contribution in [3.05, 3.63) is 39.9 Å². The highest BCUT2D eigenvalue weighted by Crippen LogP contribution is 2.28. The predicted octanol–water partition coefficient (Wildman–Crippen LogP) is 3.11. The van der Waals surface area contributed by atoms with E-state index in [1.54, 1.807) is 6.92 Å². The quantitative estimate of drug-likeness (QED) is 0.613. The second-order valence-corrected chi connectivity index (χ2v) is 4.56. The zero-order valence-electron chi connectivity index (χ0n) is 9.16. The maximum atomic E-state index is 8.87. The molecule has 15 heavy (non-hydrogen) atoms. The molecule has 78 valence electrons. The number of hydrogen-bond donors (Lipinski definition) is 1. The van der Waals surface area contributed by atoms with E-state index >= 15 is 0 Å². The number of benzene rings is 1. The molecule has 0 heterocycles. The van der Waals surface area contributed by atoms with Crippen molar-refractivity contribution in [2.45, 2.75) is 25.7 Å². The number of nitrogens with two attached hydrogens (primary N) is 1. The average Bonchev–Trinajstić information content (AvgIpc) is 2.19. The van der Waals surface area contributed by atoms with E-state index in [4.69, 9.17) is 11.0 Å². The lowest BCUT2D eigenvalue weighted by Gasteiger charge is -2.04. The molecular formula is C12H14N2S. The van der Waals surface area contributed by atoms with Crippen LogP contribution < -0.4 is 5.73 Å². The van der Waals surface area contributed by atoms with Crippen LogP contribution in [0.2, 0.25) is 0 Å². The molecule has 0 atom stereocenters. The zero-order valence-corrected chi connectivity index (χ0v) is 9.98. The third-order valence-corrected chi connectivity index (χ3v) is 3.27. The fourth-order valence-corrected chi connectivity index (χ4v) is 1.90. The lowest BCUT2D eigenvalue weighted by Crippen LogP contribution is -1.94. The summed E-state index contributed by atoms with van der Waals surface area (Å²) in [5.41, 5.74) is 8.65. The summed E-state index contributed by atoms with van der Waals surface area (Å²) in [6.07, 6.45) is 0. The molecule has 0 aliphatic rings. The van der Waals surface area contributed by atoms with Crippen molar-refractivity contribution in [2.75, 3.05) is 0 Å². The molecule has 0 fully saturated rings. The van der Waals surface area contributed by atoms with E-state index < -0.39 is 0 Å². The number of hydrogen-bond acceptors (Lipinski definition) is 3. The molecule has 2 nitrogen and oxygen atoms in total. The van der Waals surface area contributed by atoms with Gasteiger partial charge in [-0.1, -0.05) is 17.8 Å². The topological polar surface area (TPSA) is 49.8 Å². The highest BCUT2D eigenvalue weighted by molar-refractivity contribution is 8.03. The van der Waals surface area contributed by atoms with Gasteiger partial charge in [-0.2, -0.15) is 5.26 Å². The molecule has 1 aromatic carbocycles. The van der Waals surface area contributed by atoms with Crippen molar-refractivity contribution in [3.8, 4) is 6.07 Å². The summed E-state index contributed by atoms with van der Waals surface area (Å²) in [4.78, 5) is 1.62. The molecule has 3 heteroatoms. The van der Waals surface area contributed by atoms with E-state index in [2.05, 4.69) is 32.0 Å². The van der Waals surface area contributed by atoms with Crippen LogP contribution in [0.5, 0.6) is 0 Å². The molecule has 1 aromatic rings. The summed E-state index contributed by atoms with van der Waals surface area (Å²) in [6.45, 7) is 5.87. The number of nitrogens with zero attached hydrogens (tertiary/aromatic N) is 1. The molecule has 0 aliphatic carbocycles. The van der Waals surface area contributed by atoms with Gasteiger partial charge in [0.2, 0.25) is 0 Å². The van der Waals surface area contributed by atoms with E-state index in [0.717, 1.165) is 4.90 Å². The number of allylic oxidation sites excluding steroid dienone is 2. The van der Waals surface area contributed by atoms with Gasteiger partial charge < -0.3 is 5.73 Å². The van der Waals surface area contributed by atoms with Gasteiger partial charge in [-0.25, -0.2) is 0 Å². The molecular weight excluding hydrogens is 204 g/mol. The minimum atomic E-state index is 0.568. The minimum Gasteiger partial charge on any atom is -0.401 e. The summed E-state index contributed by atoms with van der Waals surface area (Å²) in [5, 5.41) is 8.87. The first-order valence-corrected chi connectivity index (χ1v) is 5.48. The Morgan fingerprint density at radius 2 is 2.00 bits per heavy atom. The number of rotatable bonds is 2. The van der Waals surface area contributed by atoms with E-state index in [9.17, 15) is 0 Å². The number of nitriles is 1. The maximum absolute atomic E-state index is 8.87. The van der Waals surface area contributed by atoms with Gasteiger partial charge in [-0.15, -0.1) is 0 Å². The molecule has 0 aromatic heterocycles. The maximum Gasteiger partial charge on any atom is 0.108 e. The Balaban J connectivity index is 2.97. The summed E-state index contributed by atoms with van der Waals surface area (Å²) in [6, 6.07) is 8.23. The predicted molar refractivity (Wildman–Crippen MR) is 64.3 cm³/mol. The van der Waals surface area contributed by atoms with Gasteiger partial charge in [0, 0.05) is 10.6 Å². The first-order chi connectivity index (χ1) is 7.04. The molecule has 0 radical (unpaired) electrons. The van der Waals surface area contributed by atoms with Crippen molar-refractivity contribution in [1.82, 2.24) is 0 Å². The van der Waals surface area contributed by atoms with Crippen molar-refractivity contribution in [2.24, 2.45) is 5.73 Å². The average molecular weight is 218 g/mol. The van der Waals surface area contributed by atoms with Crippen molar-refractivity contribution < 1.29 is 0 Å². The highest BCUT2D eigenvalue weighted by atomic mass is 32.2. The van der Waals surface area contributed by atoms with E-state index in [-0.39, 0.29) is 0 Å². The van der Waals surface area contributed by atoms with Crippen LogP contribution in [0.15, 0.2) is 33.7 Å². The Bertz CT molecular complexity index is 437. The van der Waals surface area contributed by atoms with E-state index in [0.29, 0.717) is 10.6 Å². The smallest absolute Gasteiger partial charge is 0.108 e. The zero-order chi connectivity index (χ0) is 11.4. The molecule has 0 aliphatic heterocycles. The lowest BCUT2D eigenvalue weighted by atomic mass is 10.1. The molecule has 2 N–H and O–H groups in total. The van der Waals surface area contributed by atoms with Crippen LogP contribution in [0.25, 0.3) is 0 Å². The molecule has 0 saturated carbocycles. The number of thioether (sulfide) groups is 1. The van der Waals surface area contributed by atoms with Crippen LogP contribution in [0.4, 0.5) is 0 Å². The summed E-state index contributed by atoms with van der Waals surface area (Å²) >= 11 is 1.41. The van der Waals surface area contributed by atoms with Gasteiger partial charge in [-0.3, -0.25) is 0 Å². The summed E-state index contributed by atoms with van der Waals surface area (Å²) < 4.78 is 0. The Morgan fingerprint density at radius 1 is 1.33 bits per heavy atom. The molecule has 0 spiro atoms. The van der Waals surface area contributed by atoms with Gasteiger partial charge in [0.1, 0.15) is 11.0 Å². The second kappa shape index (κ2) is 4.90. The monoisotopic (exact) mass is 218 g/mol. The van der Waals surface area contributed by atoms with Gasteiger partial charge in [-0.05, 0) is 44.0 Å². The standard InChI is InChI=1S/C12H14N2S/c1-8-4-5-11(6-9(8)2)15-12(7-13)10(3)14/h4-6H,14H2,1-3H3/b12-10-. The van der Waals surface area contributed by atoms with Gasteiger partial charge in [0.25, 0.3) is 0 Å². The largest absolute Gasteiger partial charge is 0.401 e. The van der Waals surface area contributed by atoms with Crippen molar-refractivity contribution in [1.29, 1.82) is 5.26 Å². The third-order valence-electron chi connectivity index (χ3n) is 2.16. The molecule has 0 saturated heterocycles. The Labute approximate surface area is 94.8 Å². The molecule has 0 bridgehead atoms. The van der Waals surface area contributed by atoms with Crippen LogP contribution in [0, 0.1) is 25.2 Å². The Hall–Kier alpha value is -1.40. The Kier molecular flexibility index (Phi) is 3.81. The van der Waals surface area contributed by atoms with E-state index in [1.165, 1.54) is 22.9 Å². The highest BCUT2D eigenvalue weighted by Gasteiger charge is 2.03. The van der Waals surface area contributed by atoms with Crippen LogP contribution in [0.1, 0.15) is 18.1 Å². The second-order valence-electron chi connectivity index (χ2n) is 3.47. The summed E-state index contributed by atoms with van der Waals surface area (Å²) in [7, 11) is 0. The lowest BCUT2D eigenvalue weighted by molar-refractivity contribution is 1.27. The minimum absolute atomic E-state index is 0.568. The van der Waals surface area contributed by atoms with Crippen LogP contribution in [-0.4, -0.2) is 0 Å².